The van der Waals surface area contributed by atoms with Crippen LogP contribution >= 0.6 is 0 Å². The third-order valence-corrected chi connectivity index (χ3v) is 5.54. The highest BCUT2D eigenvalue weighted by Crippen LogP contribution is 2.47. The molecule has 23 heavy (non-hydrogen) atoms. The zero-order valence-corrected chi connectivity index (χ0v) is 13.9. The van der Waals surface area contributed by atoms with E-state index in [1.54, 1.807) is 0 Å². The average Bonchev–Trinajstić information content (AvgIpc) is 3.46. The van der Waals surface area contributed by atoms with Gasteiger partial charge >= 0.3 is 0 Å². The van der Waals surface area contributed by atoms with Crippen molar-refractivity contribution < 1.29 is 0 Å². The Hall–Kier alpha value is -1.90. The summed E-state index contributed by atoms with van der Waals surface area (Å²) < 4.78 is 0. The first-order chi connectivity index (χ1) is 11.1. The lowest BCUT2D eigenvalue weighted by atomic mass is 9.86. The highest BCUT2D eigenvalue weighted by atomic mass is 15.2. The van der Waals surface area contributed by atoms with Gasteiger partial charge in [-0.1, -0.05) is 26.0 Å². The molecule has 118 valence electrons. The minimum atomic E-state index is 0.253. The predicted octanol–water partition coefficient (Wildman–Crippen LogP) is 4.28. The van der Waals surface area contributed by atoms with Crippen LogP contribution in [-0.4, -0.2) is 22.6 Å². The molecule has 0 saturated heterocycles. The fourth-order valence-electron chi connectivity index (χ4n) is 3.87. The van der Waals surface area contributed by atoms with Crippen molar-refractivity contribution in [1.82, 2.24) is 9.97 Å². The smallest absolute Gasteiger partial charge is 0.131 e. The Kier molecular flexibility index (Phi) is 2.68. The maximum Gasteiger partial charge on any atom is 0.131 e. The van der Waals surface area contributed by atoms with Crippen LogP contribution in [0.5, 0.6) is 0 Å². The standard InChI is InChI=1S/C20H23N3/c1-20(2)12-23(16-6-7-16)18-9-14(5-8-17(18)20)15-10-21-19(22-11-15)13-3-4-13/h5,8-11,13,16H,3-4,6-7,12H2,1-2H3. The van der Waals surface area contributed by atoms with Crippen LogP contribution in [0.4, 0.5) is 5.69 Å². The lowest BCUT2D eigenvalue weighted by Gasteiger charge is -2.22. The van der Waals surface area contributed by atoms with E-state index < -0.39 is 0 Å². The molecule has 2 aliphatic carbocycles. The maximum atomic E-state index is 4.58. The van der Waals surface area contributed by atoms with Crippen molar-refractivity contribution >= 4 is 5.69 Å². The first-order valence-electron chi connectivity index (χ1n) is 8.85. The molecule has 2 aromatic rings. The van der Waals surface area contributed by atoms with Crippen LogP contribution in [0.25, 0.3) is 11.1 Å². The van der Waals surface area contributed by atoms with Crippen LogP contribution in [0.15, 0.2) is 30.6 Å². The quantitative estimate of drug-likeness (QED) is 0.847. The summed E-state index contributed by atoms with van der Waals surface area (Å²) in [5.41, 5.74) is 5.56. The number of fused-ring (bicyclic) bond motifs is 1. The molecule has 0 atom stereocenters. The summed E-state index contributed by atoms with van der Waals surface area (Å²) in [4.78, 5) is 11.8. The second-order valence-electron chi connectivity index (χ2n) is 8.08. The van der Waals surface area contributed by atoms with Gasteiger partial charge in [-0.05, 0) is 42.9 Å². The van der Waals surface area contributed by atoms with Crippen LogP contribution in [0, 0.1) is 0 Å². The van der Waals surface area contributed by atoms with Gasteiger partial charge in [0.25, 0.3) is 0 Å². The molecule has 3 aliphatic rings. The molecule has 2 fully saturated rings. The molecule has 0 unspecified atom stereocenters. The molecule has 0 bridgehead atoms. The molecule has 1 aromatic carbocycles. The number of benzene rings is 1. The first kappa shape index (κ1) is 13.5. The Labute approximate surface area is 137 Å². The summed E-state index contributed by atoms with van der Waals surface area (Å²) in [6, 6.07) is 7.69. The van der Waals surface area contributed by atoms with E-state index in [0.29, 0.717) is 5.92 Å². The molecular formula is C20H23N3. The third kappa shape index (κ3) is 2.25. The van der Waals surface area contributed by atoms with Crippen molar-refractivity contribution in [3.63, 3.8) is 0 Å². The zero-order chi connectivity index (χ0) is 15.6. The number of hydrogen-bond donors (Lipinski definition) is 0. The topological polar surface area (TPSA) is 29.0 Å². The van der Waals surface area contributed by atoms with Gasteiger partial charge in [0.05, 0.1) is 0 Å². The van der Waals surface area contributed by atoms with Crippen LogP contribution in [0.2, 0.25) is 0 Å². The summed E-state index contributed by atoms with van der Waals surface area (Å²) in [5, 5.41) is 0. The minimum Gasteiger partial charge on any atom is -0.367 e. The molecule has 1 aliphatic heterocycles. The van der Waals surface area contributed by atoms with Crippen LogP contribution in [0.1, 0.15) is 56.8 Å². The summed E-state index contributed by atoms with van der Waals surface area (Å²) >= 11 is 0. The Morgan fingerprint density at radius 1 is 1.00 bits per heavy atom. The second-order valence-corrected chi connectivity index (χ2v) is 8.08. The van der Waals surface area contributed by atoms with Gasteiger partial charge in [-0.15, -0.1) is 0 Å². The summed E-state index contributed by atoms with van der Waals surface area (Å²) in [6.07, 6.45) is 9.21. The van der Waals surface area contributed by atoms with Gasteiger partial charge in [0, 0.05) is 47.6 Å². The monoisotopic (exact) mass is 305 g/mol. The SMILES string of the molecule is CC1(C)CN(C2CC2)c2cc(-c3cnc(C4CC4)nc3)ccc21. The average molecular weight is 305 g/mol. The van der Waals surface area contributed by atoms with Crippen molar-refractivity contribution in [3.05, 3.63) is 42.0 Å². The normalized spacial score (nSPS) is 22.3. The molecular weight excluding hydrogens is 282 g/mol. The number of rotatable bonds is 3. The lowest BCUT2D eigenvalue weighted by Crippen LogP contribution is -2.30. The van der Waals surface area contributed by atoms with Gasteiger partial charge in [-0.2, -0.15) is 0 Å². The van der Waals surface area contributed by atoms with E-state index >= 15 is 0 Å². The fourth-order valence-corrected chi connectivity index (χ4v) is 3.87. The summed E-state index contributed by atoms with van der Waals surface area (Å²) in [6.45, 7) is 5.87. The Bertz CT molecular complexity index is 755. The van der Waals surface area contributed by atoms with Crippen molar-refractivity contribution in [2.24, 2.45) is 0 Å². The molecule has 3 nitrogen and oxygen atoms in total. The Morgan fingerprint density at radius 2 is 1.74 bits per heavy atom. The van der Waals surface area contributed by atoms with Crippen molar-refractivity contribution in [3.8, 4) is 11.1 Å². The zero-order valence-electron chi connectivity index (χ0n) is 13.9. The van der Waals surface area contributed by atoms with E-state index in [9.17, 15) is 0 Å². The summed E-state index contributed by atoms with van der Waals surface area (Å²) in [5.74, 6) is 1.64. The second kappa shape index (κ2) is 4.56. The van der Waals surface area contributed by atoms with E-state index in [1.807, 2.05) is 12.4 Å². The molecule has 5 rings (SSSR count). The van der Waals surface area contributed by atoms with E-state index in [4.69, 9.17) is 0 Å². The van der Waals surface area contributed by atoms with Gasteiger partial charge < -0.3 is 4.90 Å². The largest absolute Gasteiger partial charge is 0.367 e. The molecule has 2 heterocycles. The third-order valence-electron chi connectivity index (χ3n) is 5.54. The Morgan fingerprint density at radius 3 is 2.39 bits per heavy atom. The van der Waals surface area contributed by atoms with Gasteiger partial charge in [-0.25, -0.2) is 9.97 Å². The molecule has 2 saturated carbocycles. The molecule has 0 N–H and O–H groups in total. The Balaban J connectivity index is 1.53. The van der Waals surface area contributed by atoms with E-state index in [-0.39, 0.29) is 5.41 Å². The number of nitrogens with zero attached hydrogens (tertiary/aromatic N) is 3. The number of hydrogen-bond acceptors (Lipinski definition) is 3. The maximum absolute atomic E-state index is 4.58. The van der Waals surface area contributed by atoms with E-state index in [2.05, 4.69) is 46.9 Å². The highest BCUT2D eigenvalue weighted by Gasteiger charge is 2.41. The molecule has 1 aromatic heterocycles. The fraction of sp³-hybridized carbons (Fsp3) is 0.500. The van der Waals surface area contributed by atoms with Gasteiger partial charge in [-0.3, -0.25) is 0 Å². The van der Waals surface area contributed by atoms with Crippen molar-refractivity contribution in [2.75, 3.05) is 11.4 Å². The van der Waals surface area contributed by atoms with Gasteiger partial charge in [0.2, 0.25) is 0 Å². The molecule has 0 spiro atoms. The highest BCUT2D eigenvalue weighted by molar-refractivity contribution is 5.73. The molecule has 3 heteroatoms. The van der Waals surface area contributed by atoms with E-state index in [1.165, 1.54) is 42.5 Å². The van der Waals surface area contributed by atoms with E-state index in [0.717, 1.165) is 24.0 Å². The predicted molar refractivity (Wildman–Crippen MR) is 92.8 cm³/mol. The van der Waals surface area contributed by atoms with Gasteiger partial charge in [0.15, 0.2) is 0 Å². The molecule has 0 amide bonds. The number of anilines is 1. The molecule has 0 radical (unpaired) electrons. The first-order valence-corrected chi connectivity index (χ1v) is 8.85. The van der Waals surface area contributed by atoms with Crippen LogP contribution in [-0.2, 0) is 5.41 Å². The minimum absolute atomic E-state index is 0.253. The van der Waals surface area contributed by atoms with Crippen LogP contribution < -0.4 is 4.90 Å². The lowest BCUT2D eigenvalue weighted by molar-refractivity contribution is 0.549. The van der Waals surface area contributed by atoms with Crippen LogP contribution in [0.3, 0.4) is 0 Å². The number of aromatic nitrogens is 2. The summed E-state index contributed by atoms with van der Waals surface area (Å²) in [7, 11) is 0. The van der Waals surface area contributed by atoms with Crippen molar-refractivity contribution in [2.45, 2.75) is 56.9 Å². The van der Waals surface area contributed by atoms with Gasteiger partial charge in [0.1, 0.15) is 5.82 Å². The van der Waals surface area contributed by atoms with Crippen molar-refractivity contribution in [1.29, 1.82) is 0 Å².